The lowest BCUT2D eigenvalue weighted by Crippen LogP contribution is -2.24. The van der Waals surface area contributed by atoms with Gasteiger partial charge in [-0.1, -0.05) is 42.5 Å². The number of hydrogen-bond donors (Lipinski definition) is 1. The van der Waals surface area contributed by atoms with E-state index in [1.807, 2.05) is 0 Å². The van der Waals surface area contributed by atoms with Crippen molar-refractivity contribution < 1.29 is 9.59 Å². The first-order valence-corrected chi connectivity index (χ1v) is 6.01. The Bertz CT molecular complexity index is 702. The van der Waals surface area contributed by atoms with Crippen molar-refractivity contribution >= 4 is 11.6 Å². The Hall–Kier alpha value is -2.26. The van der Waals surface area contributed by atoms with Gasteiger partial charge in [0.15, 0.2) is 11.6 Å². The molecular weight excluding hydrogens is 238 g/mol. The van der Waals surface area contributed by atoms with Crippen molar-refractivity contribution in [3.8, 4) is 0 Å². The number of carbonyl (C=O) groups excluding carboxylic acids is 2. The van der Waals surface area contributed by atoms with E-state index < -0.39 is 6.04 Å². The second-order valence-electron chi connectivity index (χ2n) is 4.58. The van der Waals surface area contributed by atoms with Crippen LogP contribution in [0.4, 0.5) is 0 Å². The van der Waals surface area contributed by atoms with Crippen LogP contribution in [0.3, 0.4) is 0 Å². The molecule has 1 unspecified atom stereocenters. The lowest BCUT2D eigenvalue weighted by Gasteiger charge is -2.21. The maximum atomic E-state index is 12.5. The van der Waals surface area contributed by atoms with Crippen molar-refractivity contribution in [1.82, 2.24) is 0 Å². The number of carbonyl (C=O) groups is 2. The molecule has 1 radical (unpaired) electrons. The molecule has 0 amide bonds. The van der Waals surface area contributed by atoms with Gasteiger partial charge in [-0.05, 0) is 12.5 Å². The standard InChI is InChI=1S/C16H12NO2/c1-9(17)10-7-4-8-13-14(10)16(19)12-6-3-2-5-11(12)15(13)18/h2-9H,1,17H2. The van der Waals surface area contributed by atoms with E-state index in [1.165, 1.54) is 0 Å². The summed E-state index contributed by atoms with van der Waals surface area (Å²) in [6, 6.07) is 11.5. The van der Waals surface area contributed by atoms with Gasteiger partial charge in [-0.2, -0.15) is 0 Å². The fourth-order valence-corrected chi connectivity index (χ4v) is 2.48. The van der Waals surface area contributed by atoms with Crippen LogP contribution in [-0.2, 0) is 0 Å². The van der Waals surface area contributed by atoms with Crippen LogP contribution < -0.4 is 5.73 Å². The maximum Gasteiger partial charge on any atom is 0.194 e. The summed E-state index contributed by atoms with van der Waals surface area (Å²) in [5, 5.41) is 0. The number of hydrogen-bond acceptors (Lipinski definition) is 3. The summed E-state index contributed by atoms with van der Waals surface area (Å²) in [6.07, 6.45) is 0. The third-order valence-electron chi connectivity index (χ3n) is 3.38. The van der Waals surface area contributed by atoms with Crippen LogP contribution in [0, 0.1) is 6.92 Å². The zero-order valence-corrected chi connectivity index (χ0v) is 10.2. The summed E-state index contributed by atoms with van der Waals surface area (Å²) in [4.78, 5) is 25.0. The molecule has 2 aromatic rings. The van der Waals surface area contributed by atoms with Gasteiger partial charge in [-0.3, -0.25) is 9.59 Å². The van der Waals surface area contributed by atoms with Crippen LogP contribution in [0.1, 0.15) is 43.4 Å². The molecule has 0 saturated carbocycles. The Labute approximate surface area is 111 Å². The smallest absolute Gasteiger partial charge is 0.194 e. The van der Waals surface area contributed by atoms with E-state index in [0.29, 0.717) is 27.8 Å². The summed E-state index contributed by atoms with van der Waals surface area (Å²) >= 11 is 0. The predicted molar refractivity (Wildman–Crippen MR) is 72.0 cm³/mol. The summed E-state index contributed by atoms with van der Waals surface area (Å²) < 4.78 is 0. The van der Waals surface area contributed by atoms with Crippen molar-refractivity contribution in [3.63, 3.8) is 0 Å². The Morgan fingerprint density at radius 1 is 0.842 bits per heavy atom. The first-order chi connectivity index (χ1) is 9.11. The first kappa shape index (κ1) is 11.8. The van der Waals surface area contributed by atoms with Crippen LogP contribution in [0.15, 0.2) is 42.5 Å². The number of fused-ring (bicyclic) bond motifs is 2. The molecule has 1 atom stereocenters. The van der Waals surface area contributed by atoms with Gasteiger partial charge in [-0.25, -0.2) is 0 Å². The summed E-state index contributed by atoms with van der Waals surface area (Å²) in [5.41, 5.74) is 8.11. The van der Waals surface area contributed by atoms with E-state index >= 15 is 0 Å². The molecule has 0 aromatic heterocycles. The van der Waals surface area contributed by atoms with E-state index in [9.17, 15) is 9.59 Å². The number of ketones is 2. The largest absolute Gasteiger partial charge is 0.324 e. The number of benzene rings is 2. The van der Waals surface area contributed by atoms with Crippen LogP contribution in [0.25, 0.3) is 0 Å². The summed E-state index contributed by atoms with van der Waals surface area (Å²) in [6.45, 7) is 3.75. The normalized spacial score (nSPS) is 14.8. The molecule has 0 saturated heterocycles. The molecule has 93 valence electrons. The highest BCUT2D eigenvalue weighted by molar-refractivity contribution is 6.28. The third kappa shape index (κ3) is 1.63. The second kappa shape index (κ2) is 4.14. The van der Waals surface area contributed by atoms with Gasteiger partial charge in [0.05, 0.1) is 0 Å². The molecule has 1 aliphatic carbocycles. The molecule has 0 bridgehead atoms. The Morgan fingerprint density at radius 3 is 2.05 bits per heavy atom. The van der Waals surface area contributed by atoms with Gasteiger partial charge in [0.1, 0.15) is 0 Å². The van der Waals surface area contributed by atoms with Crippen molar-refractivity contribution in [2.75, 3.05) is 0 Å². The Balaban J connectivity index is 2.33. The van der Waals surface area contributed by atoms with E-state index in [2.05, 4.69) is 6.92 Å². The molecule has 3 nitrogen and oxygen atoms in total. The molecule has 0 fully saturated rings. The highest BCUT2D eigenvalue weighted by atomic mass is 16.1. The predicted octanol–water partition coefficient (Wildman–Crippen LogP) is 2.30. The summed E-state index contributed by atoms with van der Waals surface area (Å²) in [5.74, 6) is -0.285. The van der Waals surface area contributed by atoms with Gasteiger partial charge < -0.3 is 5.73 Å². The van der Waals surface area contributed by atoms with Gasteiger partial charge in [0.25, 0.3) is 0 Å². The van der Waals surface area contributed by atoms with E-state index in [0.717, 1.165) is 0 Å². The van der Waals surface area contributed by atoms with Crippen LogP contribution in [-0.4, -0.2) is 11.6 Å². The molecule has 3 rings (SSSR count). The van der Waals surface area contributed by atoms with Gasteiger partial charge in [0, 0.05) is 28.3 Å². The van der Waals surface area contributed by atoms with Gasteiger partial charge in [0.2, 0.25) is 0 Å². The van der Waals surface area contributed by atoms with Gasteiger partial charge in [-0.15, -0.1) is 0 Å². The third-order valence-corrected chi connectivity index (χ3v) is 3.38. The van der Waals surface area contributed by atoms with Crippen molar-refractivity contribution in [2.24, 2.45) is 5.73 Å². The van der Waals surface area contributed by atoms with Crippen molar-refractivity contribution in [2.45, 2.75) is 6.04 Å². The molecular formula is C16H12NO2. The fraction of sp³-hybridized carbons (Fsp3) is 0.0625. The average Bonchev–Trinajstić information content (AvgIpc) is 2.44. The molecule has 3 heteroatoms. The van der Waals surface area contributed by atoms with Crippen LogP contribution in [0.2, 0.25) is 0 Å². The molecule has 2 N–H and O–H groups in total. The highest BCUT2D eigenvalue weighted by Crippen LogP contribution is 2.31. The van der Waals surface area contributed by atoms with Crippen molar-refractivity contribution in [1.29, 1.82) is 0 Å². The summed E-state index contributed by atoms with van der Waals surface area (Å²) in [7, 11) is 0. The quantitative estimate of drug-likeness (QED) is 0.720. The Kier molecular flexibility index (Phi) is 2.57. The minimum absolute atomic E-state index is 0.132. The second-order valence-corrected chi connectivity index (χ2v) is 4.58. The zero-order chi connectivity index (χ0) is 13.6. The first-order valence-electron chi connectivity index (χ1n) is 6.01. The molecule has 1 aliphatic rings. The zero-order valence-electron chi connectivity index (χ0n) is 10.2. The van der Waals surface area contributed by atoms with E-state index in [4.69, 9.17) is 5.73 Å². The van der Waals surface area contributed by atoms with E-state index in [1.54, 1.807) is 42.5 Å². The van der Waals surface area contributed by atoms with Gasteiger partial charge >= 0.3 is 0 Å². The number of rotatable bonds is 1. The topological polar surface area (TPSA) is 60.2 Å². The van der Waals surface area contributed by atoms with Crippen LogP contribution in [0.5, 0.6) is 0 Å². The SMILES string of the molecule is [CH2]C(N)c1cccc2c1C(=O)c1ccccc1C2=O. The molecule has 2 aromatic carbocycles. The van der Waals surface area contributed by atoms with Crippen LogP contribution >= 0.6 is 0 Å². The lowest BCUT2D eigenvalue weighted by molar-refractivity contribution is 0.0978. The Morgan fingerprint density at radius 2 is 1.42 bits per heavy atom. The molecule has 19 heavy (non-hydrogen) atoms. The fourth-order valence-electron chi connectivity index (χ4n) is 2.48. The molecule has 0 heterocycles. The lowest BCUT2D eigenvalue weighted by atomic mass is 9.81. The van der Waals surface area contributed by atoms with E-state index in [-0.39, 0.29) is 11.6 Å². The highest BCUT2D eigenvalue weighted by Gasteiger charge is 2.31. The average molecular weight is 250 g/mol. The number of nitrogens with two attached hydrogens (primary N) is 1. The monoisotopic (exact) mass is 250 g/mol. The molecule has 0 spiro atoms. The maximum absolute atomic E-state index is 12.5. The van der Waals surface area contributed by atoms with Crippen molar-refractivity contribution in [3.05, 3.63) is 77.2 Å². The molecule has 0 aliphatic heterocycles. The minimum Gasteiger partial charge on any atom is -0.324 e. The minimum atomic E-state index is -0.531.